The zero-order valence-electron chi connectivity index (χ0n) is 13.0. The summed E-state index contributed by atoms with van der Waals surface area (Å²) < 4.78 is 0. The van der Waals surface area contributed by atoms with Crippen LogP contribution < -0.4 is 0 Å². The Balaban J connectivity index is 1.77. The lowest BCUT2D eigenvalue weighted by atomic mass is 9.63. The van der Waals surface area contributed by atoms with Crippen molar-refractivity contribution < 1.29 is 9.90 Å². The molecule has 6 rings (SSSR count). The molecule has 4 heteroatoms. The highest BCUT2D eigenvalue weighted by Crippen LogP contribution is 2.52. The molecule has 1 aliphatic carbocycles. The number of fused-ring (bicyclic) bond motifs is 4. The molecule has 0 radical (unpaired) electrons. The van der Waals surface area contributed by atoms with E-state index in [1.807, 2.05) is 17.0 Å². The Morgan fingerprint density at radius 1 is 1.39 bits per heavy atom. The molecule has 0 unspecified atom stereocenters. The van der Waals surface area contributed by atoms with E-state index in [4.69, 9.17) is 0 Å². The van der Waals surface area contributed by atoms with Gasteiger partial charge in [0.25, 0.3) is 0 Å². The van der Waals surface area contributed by atoms with Crippen LogP contribution in [0.4, 0.5) is 0 Å². The largest absolute Gasteiger partial charge is 0.384 e. The average Bonchev–Trinajstić information content (AvgIpc) is 2.89. The molecule has 1 aromatic heterocycles. The summed E-state index contributed by atoms with van der Waals surface area (Å²) >= 11 is 0. The number of piperidine rings is 2. The number of hydrogen-bond acceptors (Lipinski definition) is 2. The van der Waals surface area contributed by atoms with Crippen molar-refractivity contribution in [2.75, 3.05) is 6.54 Å². The van der Waals surface area contributed by atoms with E-state index in [-0.39, 0.29) is 17.9 Å². The Morgan fingerprint density at radius 2 is 2.22 bits per heavy atom. The van der Waals surface area contributed by atoms with Gasteiger partial charge in [-0.05, 0) is 30.4 Å². The van der Waals surface area contributed by atoms with E-state index in [0.717, 1.165) is 41.5 Å². The van der Waals surface area contributed by atoms with Crippen molar-refractivity contribution in [1.82, 2.24) is 9.88 Å². The van der Waals surface area contributed by atoms with E-state index in [0.29, 0.717) is 12.3 Å². The molecule has 3 aliphatic heterocycles. The number of aromatic nitrogens is 1. The highest BCUT2D eigenvalue weighted by molar-refractivity contribution is 5.91. The molecule has 118 valence electrons. The summed E-state index contributed by atoms with van der Waals surface area (Å²) in [6.45, 7) is 4.63. The number of hydrogen-bond donors (Lipinski definition) is 2. The first-order valence-corrected chi connectivity index (χ1v) is 8.35. The van der Waals surface area contributed by atoms with E-state index in [1.54, 1.807) is 6.08 Å². The highest BCUT2D eigenvalue weighted by atomic mass is 16.3. The second-order valence-electron chi connectivity index (χ2n) is 7.34. The van der Waals surface area contributed by atoms with Crippen LogP contribution in [0.5, 0.6) is 0 Å². The molecule has 4 atom stereocenters. The van der Waals surface area contributed by atoms with E-state index >= 15 is 0 Å². The zero-order valence-corrected chi connectivity index (χ0v) is 13.0. The molecule has 4 aliphatic rings. The van der Waals surface area contributed by atoms with Crippen LogP contribution in [0.25, 0.3) is 10.9 Å². The van der Waals surface area contributed by atoms with Crippen LogP contribution in [-0.2, 0) is 11.2 Å². The summed E-state index contributed by atoms with van der Waals surface area (Å²) in [5, 5.41) is 12.2. The number of aromatic amines is 1. The third-order valence-corrected chi connectivity index (χ3v) is 6.11. The summed E-state index contributed by atoms with van der Waals surface area (Å²) in [6.07, 6.45) is 3.83. The zero-order chi connectivity index (χ0) is 15.8. The minimum atomic E-state index is -0.972. The van der Waals surface area contributed by atoms with Gasteiger partial charge >= 0.3 is 0 Å². The molecule has 2 aromatic rings. The average molecular weight is 308 g/mol. The van der Waals surface area contributed by atoms with Crippen molar-refractivity contribution >= 4 is 16.8 Å². The lowest BCUT2D eigenvalue weighted by Crippen LogP contribution is -2.65. The first-order valence-electron chi connectivity index (χ1n) is 8.35. The quantitative estimate of drug-likeness (QED) is 0.795. The molecule has 1 amide bonds. The molecule has 3 fully saturated rings. The van der Waals surface area contributed by atoms with Crippen molar-refractivity contribution in [3.63, 3.8) is 0 Å². The minimum absolute atomic E-state index is 0.133. The minimum Gasteiger partial charge on any atom is -0.384 e. The van der Waals surface area contributed by atoms with Gasteiger partial charge in [-0.25, -0.2) is 0 Å². The van der Waals surface area contributed by atoms with Crippen LogP contribution in [0.3, 0.4) is 0 Å². The maximum atomic E-state index is 12.9. The molecule has 4 heterocycles. The van der Waals surface area contributed by atoms with Gasteiger partial charge in [-0.1, -0.05) is 24.3 Å². The number of carbonyl (C=O) groups is 1. The smallest absolute Gasteiger partial charge is 0.227 e. The van der Waals surface area contributed by atoms with Crippen LogP contribution in [0, 0.1) is 5.92 Å². The van der Waals surface area contributed by atoms with Gasteiger partial charge in [-0.2, -0.15) is 0 Å². The van der Waals surface area contributed by atoms with Crippen LogP contribution in [-0.4, -0.2) is 39.1 Å². The predicted octanol–water partition coefficient (Wildman–Crippen LogP) is 2.35. The van der Waals surface area contributed by atoms with Crippen molar-refractivity contribution in [3.05, 3.63) is 48.2 Å². The summed E-state index contributed by atoms with van der Waals surface area (Å²) in [5.41, 5.74) is 2.39. The standard InChI is InChI=1S/C19H20N2O2/c1-2-19(23)9-11-7-14-17-13(8-16(22)21(10-11)18(14)19)12-5-3-4-6-15(12)20-17/h2-6,11,14,18,20,23H,1,7-10H2/t11-,14-,18+,19+/m1/s1. The van der Waals surface area contributed by atoms with Crippen molar-refractivity contribution in [1.29, 1.82) is 0 Å². The summed E-state index contributed by atoms with van der Waals surface area (Å²) in [5.74, 6) is 0.641. The number of rotatable bonds is 1. The first-order chi connectivity index (χ1) is 11.1. The third kappa shape index (κ3) is 1.62. The van der Waals surface area contributed by atoms with Crippen LogP contribution in [0.1, 0.15) is 30.0 Å². The van der Waals surface area contributed by atoms with Crippen molar-refractivity contribution in [3.8, 4) is 0 Å². The van der Waals surface area contributed by atoms with Gasteiger partial charge in [-0.3, -0.25) is 4.79 Å². The first kappa shape index (κ1) is 13.4. The van der Waals surface area contributed by atoms with Gasteiger partial charge in [0.05, 0.1) is 12.5 Å². The second kappa shape index (κ2) is 4.26. The molecule has 4 bridgehead atoms. The molecule has 23 heavy (non-hydrogen) atoms. The van der Waals surface area contributed by atoms with Crippen LogP contribution in [0.2, 0.25) is 0 Å². The monoisotopic (exact) mass is 308 g/mol. The number of nitrogens with one attached hydrogen (secondary N) is 1. The summed E-state index contributed by atoms with van der Waals surface area (Å²) in [6, 6.07) is 7.99. The summed E-state index contributed by atoms with van der Waals surface area (Å²) in [7, 11) is 0. The Labute approximate surface area is 134 Å². The fraction of sp³-hybridized carbons (Fsp3) is 0.421. The lowest BCUT2D eigenvalue weighted by Gasteiger charge is -2.56. The Kier molecular flexibility index (Phi) is 2.48. The Bertz CT molecular complexity index is 839. The van der Waals surface area contributed by atoms with Gasteiger partial charge in [0.2, 0.25) is 5.91 Å². The van der Waals surface area contributed by atoms with Crippen LogP contribution >= 0.6 is 0 Å². The molecular formula is C19H20N2O2. The maximum Gasteiger partial charge on any atom is 0.227 e. The molecule has 4 nitrogen and oxygen atoms in total. The van der Waals surface area contributed by atoms with E-state index in [1.165, 1.54) is 0 Å². The van der Waals surface area contributed by atoms with Gasteiger partial charge in [0, 0.05) is 29.1 Å². The van der Waals surface area contributed by atoms with E-state index in [2.05, 4.69) is 23.7 Å². The van der Waals surface area contributed by atoms with Gasteiger partial charge in [-0.15, -0.1) is 6.58 Å². The molecule has 2 saturated heterocycles. The molecule has 0 spiro atoms. The van der Waals surface area contributed by atoms with Crippen molar-refractivity contribution in [2.24, 2.45) is 5.92 Å². The normalized spacial score (nSPS) is 35.3. The number of benzene rings is 1. The molecule has 2 N–H and O–H groups in total. The summed E-state index contributed by atoms with van der Waals surface area (Å²) in [4.78, 5) is 18.4. The fourth-order valence-corrected chi connectivity index (χ4v) is 5.24. The predicted molar refractivity (Wildman–Crippen MR) is 88.1 cm³/mol. The number of amides is 1. The second-order valence-corrected chi connectivity index (χ2v) is 7.34. The van der Waals surface area contributed by atoms with E-state index < -0.39 is 5.60 Å². The van der Waals surface area contributed by atoms with Gasteiger partial charge in [0.15, 0.2) is 0 Å². The SMILES string of the molecule is C=C[C@]1(O)C[C@H]2C[C@@H]3c4[nH]c5ccccc5c4CC(=O)N(C2)[C@@H]31. The molecular weight excluding hydrogens is 288 g/mol. The number of H-pyrrole nitrogens is 1. The fourth-order valence-electron chi connectivity index (χ4n) is 5.24. The Morgan fingerprint density at radius 3 is 3.04 bits per heavy atom. The Hall–Kier alpha value is -2.07. The highest BCUT2D eigenvalue weighted by Gasteiger charge is 2.57. The molecule has 1 aromatic carbocycles. The van der Waals surface area contributed by atoms with Gasteiger partial charge < -0.3 is 15.0 Å². The number of aliphatic hydroxyl groups is 1. The number of nitrogens with zero attached hydrogens (tertiary/aromatic N) is 1. The number of para-hydroxylation sites is 1. The van der Waals surface area contributed by atoms with Gasteiger partial charge in [0.1, 0.15) is 5.60 Å². The number of carbonyl (C=O) groups excluding carboxylic acids is 1. The third-order valence-electron chi connectivity index (χ3n) is 6.11. The topological polar surface area (TPSA) is 56.3 Å². The lowest BCUT2D eigenvalue weighted by molar-refractivity contribution is -0.155. The maximum absolute atomic E-state index is 12.9. The molecule has 1 saturated carbocycles. The van der Waals surface area contributed by atoms with Crippen LogP contribution in [0.15, 0.2) is 36.9 Å². The van der Waals surface area contributed by atoms with E-state index in [9.17, 15) is 9.90 Å². The van der Waals surface area contributed by atoms with Crippen molar-refractivity contribution in [2.45, 2.75) is 36.8 Å².